The fourth-order valence-electron chi connectivity index (χ4n) is 7.09. The molecule has 0 N–H and O–H groups in total. The summed E-state index contributed by atoms with van der Waals surface area (Å²) in [4.78, 5) is 0. The number of rotatable bonds is 4. The second-order valence-corrected chi connectivity index (χ2v) is 11.7. The highest BCUT2D eigenvalue weighted by molar-refractivity contribution is 6.22. The highest BCUT2D eigenvalue weighted by Gasteiger charge is 2.22. The maximum atomic E-state index is 9.75. The summed E-state index contributed by atoms with van der Waals surface area (Å²) in [6.45, 7) is 0. The number of benzene rings is 9. The second kappa shape index (κ2) is 10.7. The van der Waals surface area contributed by atoms with Crippen LogP contribution in [-0.4, -0.2) is 0 Å². The van der Waals surface area contributed by atoms with Gasteiger partial charge in [0.25, 0.3) is 0 Å². The third-order valence-electron chi connectivity index (χ3n) is 9.16. The lowest BCUT2D eigenvalue weighted by atomic mass is 9.82. The first kappa shape index (κ1) is 16.6. The Balaban J connectivity index is 1.54. The van der Waals surface area contributed by atoms with Crippen LogP contribution in [0.1, 0.15) is 30.3 Å². The van der Waals surface area contributed by atoms with E-state index in [0.717, 1.165) is 21.7 Å². The van der Waals surface area contributed by atoms with Gasteiger partial charge in [0.2, 0.25) is 0 Å². The Morgan fingerprint density at radius 2 is 1.06 bits per heavy atom. The Labute approximate surface area is 298 Å². The molecule has 1 heteroatoms. The highest BCUT2D eigenvalue weighted by Crippen LogP contribution is 2.47. The van der Waals surface area contributed by atoms with Gasteiger partial charge in [0.15, 0.2) is 0 Å². The van der Waals surface area contributed by atoms with Gasteiger partial charge in [-0.05, 0) is 83.4 Å². The summed E-state index contributed by atoms with van der Waals surface area (Å²) >= 11 is 0. The third kappa shape index (κ3) is 4.04. The lowest BCUT2D eigenvalue weighted by Crippen LogP contribution is -1.98. The monoisotopic (exact) mass is 624 g/mol. The molecule has 0 radical (unpaired) electrons. The smallest absolute Gasteiger partial charge is 0.143 e. The van der Waals surface area contributed by atoms with Gasteiger partial charge in [-0.2, -0.15) is 0 Å². The second-order valence-electron chi connectivity index (χ2n) is 11.7. The number of furan rings is 1. The van der Waals surface area contributed by atoms with Gasteiger partial charge >= 0.3 is 0 Å². The quantitative estimate of drug-likeness (QED) is 0.178. The highest BCUT2D eigenvalue weighted by atomic mass is 16.3. The van der Waals surface area contributed by atoms with Crippen LogP contribution >= 0.6 is 0 Å². The first-order valence-electron chi connectivity index (χ1n) is 22.5. The summed E-state index contributed by atoms with van der Waals surface area (Å²) in [6.07, 6.45) is -0.0332. The van der Waals surface area contributed by atoms with Crippen molar-refractivity contribution in [1.82, 2.24) is 0 Å². The molecule has 0 amide bonds. The normalized spacial score (nSPS) is 15.9. The number of hydrogen-bond acceptors (Lipinski definition) is 1. The van der Waals surface area contributed by atoms with Crippen molar-refractivity contribution >= 4 is 65.0 Å². The largest absolute Gasteiger partial charge is 0.455 e. The number of fused-ring (bicyclic) bond motifs is 7. The molecule has 10 aromatic rings. The zero-order valence-corrected chi connectivity index (χ0v) is 25.2. The summed E-state index contributed by atoms with van der Waals surface area (Å²) in [7, 11) is 0. The van der Waals surface area contributed by atoms with E-state index in [4.69, 9.17) is 15.4 Å². The summed E-state index contributed by atoms with van der Waals surface area (Å²) in [6, 6.07) is 18.6. The van der Waals surface area contributed by atoms with Crippen LogP contribution in [0.25, 0.3) is 87.3 Å². The minimum atomic E-state index is -0.649. The standard InChI is InChI=1S/C47H30O/c1-3-18-33-30(13-1)15-9-17-32(33)29-43-35-20-5-6-22-38(35)45(37-23-10-16-31-14-2-4-19-34(31)37)42-27-11-24-39(46(42)43)41-26-12-25-40-36-21-7-8-28-44(36)48-47(40)41/h1-28H,29H2/i5D,6D,7D,8D,11D,12D,20D,21D,22D,24D,25D,26D,27D,28D. The van der Waals surface area contributed by atoms with E-state index in [9.17, 15) is 8.22 Å². The van der Waals surface area contributed by atoms with E-state index < -0.39 is 78.6 Å². The van der Waals surface area contributed by atoms with Gasteiger partial charge in [0.05, 0.1) is 19.2 Å². The van der Waals surface area contributed by atoms with Crippen LogP contribution in [0, 0.1) is 0 Å². The van der Waals surface area contributed by atoms with Crippen LogP contribution in [-0.2, 0) is 6.42 Å². The van der Waals surface area contributed by atoms with Crippen molar-refractivity contribution in [2.45, 2.75) is 6.42 Å². The summed E-state index contributed by atoms with van der Waals surface area (Å²) < 4.78 is 134. The summed E-state index contributed by atoms with van der Waals surface area (Å²) in [5.41, 5.74) is 0.526. The van der Waals surface area contributed by atoms with Gasteiger partial charge in [0.1, 0.15) is 11.2 Å². The molecule has 0 aliphatic heterocycles. The summed E-state index contributed by atoms with van der Waals surface area (Å²) in [5.74, 6) is 0. The first-order valence-corrected chi connectivity index (χ1v) is 15.5. The molecule has 0 atom stereocenters. The summed E-state index contributed by atoms with van der Waals surface area (Å²) in [5, 5.41) is 3.03. The molecule has 0 saturated heterocycles. The van der Waals surface area contributed by atoms with Crippen LogP contribution < -0.4 is 0 Å². The van der Waals surface area contributed by atoms with E-state index in [0.29, 0.717) is 10.9 Å². The zero-order valence-electron chi connectivity index (χ0n) is 39.2. The van der Waals surface area contributed by atoms with Crippen LogP contribution in [0.3, 0.4) is 0 Å². The van der Waals surface area contributed by atoms with E-state index in [2.05, 4.69) is 0 Å². The molecule has 0 fully saturated rings. The van der Waals surface area contributed by atoms with Gasteiger partial charge in [-0.15, -0.1) is 0 Å². The van der Waals surface area contributed by atoms with Crippen LogP contribution in [0.5, 0.6) is 0 Å². The van der Waals surface area contributed by atoms with Crippen molar-refractivity contribution < 1.29 is 23.6 Å². The molecule has 0 unspecified atom stereocenters. The lowest BCUT2D eigenvalue weighted by molar-refractivity contribution is 0.670. The Morgan fingerprint density at radius 3 is 1.92 bits per heavy atom. The van der Waals surface area contributed by atoms with Crippen molar-refractivity contribution in [2.24, 2.45) is 0 Å². The average molecular weight is 625 g/mol. The Bertz CT molecular complexity index is 3660. The van der Waals surface area contributed by atoms with E-state index in [1.165, 1.54) is 0 Å². The molecule has 1 aromatic heterocycles. The molecule has 10 rings (SSSR count). The van der Waals surface area contributed by atoms with Crippen molar-refractivity contribution in [2.75, 3.05) is 0 Å². The maximum absolute atomic E-state index is 9.75. The van der Waals surface area contributed by atoms with Gasteiger partial charge in [-0.1, -0.05) is 163 Å². The van der Waals surface area contributed by atoms with Gasteiger partial charge in [-0.25, -0.2) is 0 Å². The van der Waals surface area contributed by atoms with Crippen LogP contribution in [0.2, 0.25) is 0 Å². The molecule has 1 nitrogen and oxygen atoms in total. The van der Waals surface area contributed by atoms with Crippen LogP contribution in [0.15, 0.2) is 174 Å². The Hall–Kier alpha value is -6.18. The van der Waals surface area contributed by atoms with E-state index in [1.807, 2.05) is 72.8 Å². The molecule has 0 bridgehead atoms. The minimum Gasteiger partial charge on any atom is -0.455 e. The fraction of sp³-hybridized carbons (Fsp3) is 0.0213. The molecule has 9 aromatic carbocycles. The Kier molecular flexibility index (Phi) is 3.69. The first-order chi connectivity index (χ1) is 29.6. The number of hydrogen-bond donors (Lipinski definition) is 0. The maximum Gasteiger partial charge on any atom is 0.143 e. The SMILES string of the molecule is [2H]c1c([2H])c([2H])c2c(oc3c(-c4c([2H])c([2H])c([2H])c5c(-c6cccc7ccccc67)c6c([2H])c([2H])c([2H])c([2H])c6c(Cc6cccc7ccccc67)c45)c([2H])c([2H])c([2H])c32)c1[2H]. The molecule has 0 spiro atoms. The molecule has 48 heavy (non-hydrogen) atoms. The fourth-order valence-corrected chi connectivity index (χ4v) is 7.09. The number of para-hydroxylation sites is 2. The van der Waals surface area contributed by atoms with Gasteiger partial charge < -0.3 is 4.42 Å². The van der Waals surface area contributed by atoms with Gasteiger partial charge in [-0.3, -0.25) is 0 Å². The van der Waals surface area contributed by atoms with E-state index in [1.54, 1.807) is 12.1 Å². The molecule has 0 aliphatic rings. The van der Waals surface area contributed by atoms with E-state index >= 15 is 0 Å². The predicted molar refractivity (Wildman–Crippen MR) is 204 cm³/mol. The van der Waals surface area contributed by atoms with E-state index in [-0.39, 0.29) is 78.2 Å². The van der Waals surface area contributed by atoms with Crippen molar-refractivity contribution in [1.29, 1.82) is 0 Å². The molecule has 0 aliphatic carbocycles. The van der Waals surface area contributed by atoms with Crippen molar-refractivity contribution in [3.8, 4) is 22.3 Å². The van der Waals surface area contributed by atoms with Gasteiger partial charge in [0, 0.05) is 16.3 Å². The molecular formula is C47H30O. The molecule has 0 saturated carbocycles. The minimum absolute atomic E-state index is 0.0332. The topological polar surface area (TPSA) is 13.1 Å². The zero-order chi connectivity index (χ0) is 43.8. The average Bonchev–Trinajstić information content (AvgIpc) is 3.68. The Morgan fingerprint density at radius 1 is 0.438 bits per heavy atom. The van der Waals surface area contributed by atoms with Crippen molar-refractivity contribution in [3.63, 3.8) is 0 Å². The van der Waals surface area contributed by atoms with Crippen molar-refractivity contribution in [3.05, 3.63) is 181 Å². The van der Waals surface area contributed by atoms with Crippen LogP contribution in [0.4, 0.5) is 0 Å². The predicted octanol–water partition coefficient (Wildman–Crippen LogP) is 13.1. The molecule has 1 heterocycles. The third-order valence-corrected chi connectivity index (χ3v) is 9.16. The molecule has 224 valence electrons. The molecular weight excluding hydrogens is 581 g/mol. The lowest BCUT2D eigenvalue weighted by Gasteiger charge is -2.21.